The molecule has 0 unspecified atom stereocenters. The molecule has 0 radical (unpaired) electrons. The third-order valence-electron chi connectivity index (χ3n) is 3.39. The normalized spacial score (nSPS) is 11.5. The number of furan rings is 1. The number of carbonyl (C=O) groups is 1. The van der Waals surface area contributed by atoms with Gasteiger partial charge in [-0.3, -0.25) is 4.79 Å². The second-order valence-electron chi connectivity index (χ2n) is 6.99. The van der Waals surface area contributed by atoms with E-state index in [9.17, 15) is 4.79 Å². The van der Waals surface area contributed by atoms with Crippen LogP contribution < -0.4 is 0 Å². The van der Waals surface area contributed by atoms with Crippen LogP contribution in [0.15, 0.2) is 46.9 Å². The first-order valence-corrected chi connectivity index (χ1v) is 7.70. The minimum absolute atomic E-state index is 0.0227. The maximum atomic E-state index is 12.7. The number of hydrogen-bond acceptors (Lipinski definition) is 2. The molecule has 1 aromatic heterocycles. The number of rotatable bonds is 5. The van der Waals surface area contributed by atoms with E-state index in [1.807, 2.05) is 54.3 Å². The summed E-state index contributed by atoms with van der Waals surface area (Å²) >= 11 is 0. The molecule has 1 aromatic carbocycles. The Kier molecular flexibility index (Phi) is 5.07. The SMILES string of the molecule is Cc1ccc(CN(Cc2ccccc2)C(=O)CC(C)(C)C)o1. The Hall–Kier alpha value is -2.03. The number of hydrogen-bond donors (Lipinski definition) is 0. The Bertz CT molecular complexity index is 608. The Balaban J connectivity index is 2.14. The van der Waals surface area contributed by atoms with Gasteiger partial charge in [-0.15, -0.1) is 0 Å². The van der Waals surface area contributed by atoms with Crippen LogP contribution in [-0.2, 0) is 17.9 Å². The topological polar surface area (TPSA) is 33.5 Å². The van der Waals surface area contributed by atoms with Crippen molar-refractivity contribution in [2.75, 3.05) is 0 Å². The van der Waals surface area contributed by atoms with Gasteiger partial charge in [-0.05, 0) is 30.0 Å². The average molecular weight is 299 g/mol. The molecule has 0 aliphatic carbocycles. The van der Waals surface area contributed by atoms with E-state index in [-0.39, 0.29) is 11.3 Å². The molecule has 3 heteroatoms. The Morgan fingerprint density at radius 2 is 1.73 bits per heavy atom. The highest BCUT2D eigenvalue weighted by Crippen LogP contribution is 2.22. The second kappa shape index (κ2) is 6.82. The molecule has 0 aliphatic rings. The zero-order valence-electron chi connectivity index (χ0n) is 13.9. The van der Waals surface area contributed by atoms with Crippen LogP contribution in [-0.4, -0.2) is 10.8 Å². The van der Waals surface area contributed by atoms with Gasteiger partial charge >= 0.3 is 0 Å². The van der Waals surface area contributed by atoms with Crippen LogP contribution in [0.2, 0.25) is 0 Å². The number of carbonyl (C=O) groups excluding carboxylic acids is 1. The molecule has 1 heterocycles. The van der Waals surface area contributed by atoms with Crippen LogP contribution >= 0.6 is 0 Å². The second-order valence-corrected chi connectivity index (χ2v) is 6.99. The van der Waals surface area contributed by atoms with Crippen LogP contribution in [0.25, 0.3) is 0 Å². The highest BCUT2D eigenvalue weighted by atomic mass is 16.3. The monoisotopic (exact) mass is 299 g/mol. The van der Waals surface area contributed by atoms with E-state index in [1.54, 1.807) is 0 Å². The lowest BCUT2D eigenvalue weighted by atomic mass is 9.91. The number of benzene rings is 1. The van der Waals surface area contributed by atoms with Crippen molar-refractivity contribution in [1.82, 2.24) is 4.90 Å². The first-order chi connectivity index (χ1) is 10.3. The number of aryl methyl sites for hydroxylation is 1. The lowest BCUT2D eigenvalue weighted by molar-refractivity contribution is -0.134. The quantitative estimate of drug-likeness (QED) is 0.811. The molecular weight excluding hydrogens is 274 g/mol. The first kappa shape index (κ1) is 16.3. The summed E-state index contributed by atoms with van der Waals surface area (Å²) in [6, 6.07) is 14.0. The minimum atomic E-state index is -0.0227. The molecule has 0 fully saturated rings. The molecule has 0 atom stereocenters. The van der Waals surface area contributed by atoms with Crippen molar-refractivity contribution in [2.45, 2.75) is 47.2 Å². The average Bonchev–Trinajstić information content (AvgIpc) is 2.83. The van der Waals surface area contributed by atoms with Gasteiger partial charge in [0.15, 0.2) is 0 Å². The molecular formula is C19H25NO2. The summed E-state index contributed by atoms with van der Waals surface area (Å²) in [5, 5.41) is 0. The van der Waals surface area contributed by atoms with Gasteiger partial charge in [0.05, 0.1) is 6.54 Å². The van der Waals surface area contributed by atoms with E-state index < -0.39 is 0 Å². The van der Waals surface area contributed by atoms with Crippen LogP contribution in [0.1, 0.15) is 44.3 Å². The van der Waals surface area contributed by atoms with Gasteiger partial charge in [-0.25, -0.2) is 0 Å². The van der Waals surface area contributed by atoms with Crippen LogP contribution in [0.5, 0.6) is 0 Å². The summed E-state index contributed by atoms with van der Waals surface area (Å²) in [5.41, 5.74) is 1.11. The van der Waals surface area contributed by atoms with Gasteiger partial charge in [0.1, 0.15) is 11.5 Å². The third kappa shape index (κ3) is 5.06. The molecule has 118 valence electrons. The van der Waals surface area contributed by atoms with E-state index in [0.717, 1.165) is 17.1 Å². The van der Waals surface area contributed by atoms with Crippen molar-refractivity contribution in [2.24, 2.45) is 5.41 Å². The minimum Gasteiger partial charge on any atom is -0.464 e. The molecule has 1 amide bonds. The molecule has 0 spiro atoms. The highest BCUT2D eigenvalue weighted by Gasteiger charge is 2.22. The summed E-state index contributed by atoms with van der Waals surface area (Å²) in [6.07, 6.45) is 0.527. The first-order valence-electron chi connectivity index (χ1n) is 7.70. The summed E-state index contributed by atoms with van der Waals surface area (Å²) in [7, 11) is 0. The summed E-state index contributed by atoms with van der Waals surface area (Å²) in [4.78, 5) is 14.5. The van der Waals surface area contributed by atoms with E-state index in [2.05, 4.69) is 20.8 Å². The zero-order chi connectivity index (χ0) is 16.2. The molecule has 2 rings (SSSR count). The molecule has 2 aromatic rings. The Morgan fingerprint density at radius 3 is 2.27 bits per heavy atom. The number of nitrogens with zero attached hydrogens (tertiary/aromatic N) is 1. The van der Waals surface area contributed by atoms with Crippen molar-refractivity contribution >= 4 is 5.91 Å². The maximum absolute atomic E-state index is 12.7. The maximum Gasteiger partial charge on any atom is 0.223 e. The lowest BCUT2D eigenvalue weighted by Gasteiger charge is -2.26. The van der Waals surface area contributed by atoms with Crippen molar-refractivity contribution in [3.8, 4) is 0 Å². The van der Waals surface area contributed by atoms with E-state index in [1.165, 1.54) is 0 Å². The molecule has 0 saturated heterocycles. The molecule has 22 heavy (non-hydrogen) atoms. The van der Waals surface area contributed by atoms with Gasteiger partial charge < -0.3 is 9.32 Å². The molecule has 0 aliphatic heterocycles. The van der Waals surface area contributed by atoms with Crippen molar-refractivity contribution in [3.05, 3.63) is 59.5 Å². The van der Waals surface area contributed by atoms with Gasteiger partial charge in [0, 0.05) is 13.0 Å². The van der Waals surface area contributed by atoms with E-state index in [0.29, 0.717) is 19.5 Å². The zero-order valence-corrected chi connectivity index (χ0v) is 13.9. The molecule has 0 bridgehead atoms. The fraction of sp³-hybridized carbons (Fsp3) is 0.421. The van der Waals surface area contributed by atoms with Crippen molar-refractivity contribution < 1.29 is 9.21 Å². The van der Waals surface area contributed by atoms with Crippen molar-refractivity contribution in [1.29, 1.82) is 0 Å². The predicted octanol–water partition coefficient (Wildman–Crippen LogP) is 4.55. The van der Waals surface area contributed by atoms with Crippen LogP contribution in [0, 0.1) is 12.3 Å². The van der Waals surface area contributed by atoms with E-state index in [4.69, 9.17) is 4.42 Å². The van der Waals surface area contributed by atoms with Gasteiger partial charge in [-0.1, -0.05) is 51.1 Å². The fourth-order valence-electron chi connectivity index (χ4n) is 2.36. The van der Waals surface area contributed by atoms with Gasteiger partial charge in [-0.2, -0.15) is 0 Å². The molecule has 0 N–H and O–H groups in total. The Labute approximate surface area is 132 Å². The predicted molar refractivity (Wildman–Crippen MR) is 88.2 cm³/mol. The highest BCUT2D eigenvalue weighted by molar-refractivity contribution is 5.76. The van der Waals surface area contributed by atoms with Gasteiger partial charge in [0.25, 0.3) is 0 Å². The summed E-state index contributed by atoms with van der Waals surface area (Å²) in [6.45, 7) is 9.29. The smallest absolute Gasteiger partial charge is 0.223 e. The fourth-order valence-corrected chi connectivity index (χ4v) is 2.36. The number of amides is 1. The van der Waals surface area contributed by atoms with Crippen LogP contribution in [0.4, 0.5) is 0 Å². The summed E-state index contributed by atoms with van der Waals surface area (Å²) in [5.74, 6) is 1.86. The van der Waals surface area contributed by atoms with Crippen molar-refractivity contribution in [3.63, 3.8) is 0 Å². The molecule has 3 nitrogen and oxygen atoms in total. The van der Waals surface area contributed by atoms with Gasteiger partial charge in [0.2, 0.25) is 5.91 Å². The summed E-state index contributed by atoms with van der Waals surface area (Å²) < 4.78 is 5.64. The molecule has 0 saturated carbocycles. The third-order valence-corrected chi connectivity index (χ3v) is 3.39. The van der Waals surface area contributed by atoms with Crippen LogP contribution in [0.3, 0.4) is 0 Å². The van der Waals surface area contributed by atoms with E-state index >= 15 is 0 Å². The standard InChI is InChI=1S/C19H25NO2/c1-15-10-11-17(22-15)14-20(18(21)12-19(2,3)4)13-16-8-6-5-7-9-16/h5-11H,12-14H2,1-4H3. The lowest BCUT2D eigenvalue weighted by Crippen LogP contribution is -2.32. The largest absolute Gasteiger partial charge is 0.464 e. The Morgan fingerprint density at radius 1 is 1.05 bits per heavy atom.